The van der Waals surface area contributed by atoms with Gasteiger partial charge in [0.1, 0.15) is 0 Å². The highest BCUT2D eigenvalue weighted by Crippen LogP contribution is 2.53. The molecule has 6 aromatic carbocycles. The van der Waals surface area contributed by atoms with Gasteiger partial charge in [0.05, 0.1) is 16.9 Å². The molecule has 0 aromatic heterocycles. The molecule has 0 atom stereocenters. The molecule has 0 unspecified atom stereocenters. The number of anilines is 3. The maximum atomic E-state index is 13.5. The summed E-state index contributed by atoms with van der Waals surface area (Å²) in [6.07, 6.45) is 2.84. The fourth-order valence-electron chi connectivity index (χ4n) is 7.40. The van der Waals surface area contributed by atoms with E-state index in [1.807, 2.05) is 42.5 Å². The van der Waals surface area contributed by atoms with Crippen LogP contribution in [0.4, 0.5) is 17.1 Å². The first-order valence-electron chi connectivity index (χ1n) is 16.5. The summed E-state index contributed by atoms with van der Waals surface area (Å²) < 4.78 is 0. The van der Waals surface area contributed by atoms with Gasteiger partial charge in [-0.3, -0.25) is 9.59 Å². The van der Waals surface area contributed by atoms with E-state index in [-0.39, 0.29) is 28.0 Å². The Kier molecular flexibility index (Phi) is 6.43. The van der Waals surface area contributed by atoms with Crippen molar-refractivity contribution in [2.24, 2.45) is 0 Å². The van der Waals surface area contributed by atoms with Gasteiger partial charge >= 0.3 is 0 Å². The van der Waals surface area contributed by atoms with Crippen LogP contribution in [-0.2, 0) is 10.8 Å². The van der Waals surface area contributed by atoms with Gasteiger partial charge in [-0.15, -0.1) is 0 Å². The van der Waals surface area contributed by atoms with Crippen LogP contribution in [-0.4, -0.2) is 11.6 Å². The van der Waals surface area contributed by atoms with Gasteiger partial charge in [0.15, 0.2) is 11.6 Å². The molecule has 3 nitrogen and oxygen atoms in total. The molecule has 230 valence electrons. The number of Topliss-reactive ketones (excluding diaryl/α,β-unsaturated/α-hetero) is 2. The van der Waals surface area contributed by atoms with Crippen molar-refractivity contribution >= 4 is 56.2 Å². The minimum absolute atomic E-state index is 0.117. The van der Waals surface area contributed by atoms with E-state index < -0.39 is 0 Å². The second kappa shape index (κ2) is 10.4. The Morgan fingerprint density at radius 1 is 0.638 bits per heavy atom. The van der Waals surface area contributed by atoms with Crippen molar-refractivity contribution in [1.29, 1.82) is 0 Å². The van der Waals surface area contributed by atoms with E-state index in [2.05, 4.69) is 112 Å². The zero-order valence-corrected chi connectivity index (χ0v) is 27.5. The second-order valence-electron chi connectivity index (χ2n) is 14.2. The van der Waals surface area contributed by atoms with Crippen LogP contribution in [0.5, 0.6) is 0 Å². The number of hydrogen-bond acceptors (Lipinski definition) is 3. The van der Waals surface area contributed by atoms with Gasteiger partial charge in [-0.2, -0.15) is 0 Å². The minimum Gasteiger partial charge on any atom is -0.310 e. The number of carbonyl (C=O) groups excluding carboxylic acids is 2. The molecule has 8 rings (SSSR count). The molecule has 1 heterocycles. The summed E-state index contributed by atoms with van der Waals surface area (Å²) in [5, 5.41) is 4.10. The molecule has 0 N–H and O–H groups in total. The van der Waals surface area contributed by atoms with E-state index in [0.29, 0.717) is 11.1 Å². The van der Waals surface area contributed by atoms with Gasteiger partial charge in [-0.1, -0.05) is 101 Å². The van der Waals surface area contributed by atoms with Crippen molar-refractivity contribution in [2.45, 2.75) is 51.9 Å². The first-order chi connectivity index (χ1) is 22.6. The van der Waals surface area contributed by atoms with Crippen molar-refractivity contribution in [1.82, 2.24) is 0 Å². The maximum absolute atomic E-state index is 13.5. The fraction of sp³-hybridized carbons (Fsp3) is 0.182. The Bertz CT molecular complexity index is 2260. The third-order valence-corrected chi connectivity index (χ3v) is 10.7. The molecular formula is C44H37NO2. The van der Waals surface area contributed by atoms with Crippen molar-refractivity contribution in [2.75, 3.05) is 4.90 Å². The molecule has 0 fully saturated rings. The van der Waals surface area contributed by atoms with Crippen molar-refractivity contribution in [3.63, 3.8) is 0 Å². The molecule has 0 radical (unpaired) electrons. The van der Waals surface area contributed by atoms with E-state index in [9.17, 15) is 9.59 Å². The predicted octanol–water partition coefficient (Wildman–Crippen LogP) is 11.3. The number of fused-ring (bicyclic) bond motifs is 5. The lowest BCUT2D eigenvalue weighted by Gasteiger charge is -2.42. The third kappa shape index (κ3) is 4.48. The molecule has 2 aliphatic rings. The summed E-state index contributed by atoms with van der Waals surface area (Å²) in [5.74, 6) is -0.411. The standard InChI is InChI=1S/C44H37NO2/c1-6-43(2,3)32-17-19-33(20-18-32)45-39-14-10-9-13-37(39)44(4,5)38-25-31-21-27(15-16-30(31)26-40(38)45)22-36-41(46)34-23-28-11-7-8-12-29(28)24-35(34)42(36)47/h7-26H,6H2,1-5H3. The van der Waals surface area contributed by atoms with Gasteiger partial charge in [0.2, 0.25) is 0 Å². The normalized spacial score (nSPS) is 15.2. The Morgan fingerprint density at radius 2 is 1.26 bits per heavy atom. The SMILES string of the molecule is CCC(C)(C)c1ccc(N2c3ccccc3C(C)(C)c3cc4cc(C=C5C(=O)c6cc7ccccc7cc6C5=O)ccc4cc32)cc1. The minimum atomic E-state index is -0.240. The summed E-state index contributed by atoms with van der Waals surface area (Å²) in [6.45, 7) is 11.4. The molecule has 0 bridgehead atoms. The number of benzene rings is 6. The Labute approximate surface area is 276 Å². The Morgan fingerprint density at radius 3 is 1.91 bits per heavy atom. The summed E-state index contributed by atoms with van der Waals surface area (Å²) >= 11 is 0. The highest BCUT2D eigenvalue weighted by Gasteiger charge is 2.37. The summed E-state index contributed by atoms with van der Waals surface area (Å²) in [5.41, 5.74) is 9.26. The number of nitrogens with zero attached hydrogens (tertiary/aromatic N) is 1. The highest BCUT2D eigenvalue weighted by atomic mass is 16.2. The summed E-state index contributed by atoms with van der Waals surface area (Å²) in [6, 6.07) is 40.1. The zero-order valence-electron chi connectivity index (χ0n) is 27.5. The summed E-state index contributed by atoms with van der Waals surface area (Å²) in [4.78, 5) is 29.4. The van der Waals surface area contributed by atoms with Crippen molar-refractivity contribution < 1.29 is 9.59 Å². The van der Waals surface area contributed by atoms with Crippen LogP contribution in [0.2, 0.25) is 0 Å². The van der Waals surface area contributed by atoms with Gasteiger partial charge in [-0.05, 0) is 110 Å². The maximum Gasteiger partial charge on any atom is 0.197 e. The topological polar surface area (TPSA) is 37.4 Å². The Hall–Kier alpha value is -5.28. The lowest BCUT2D eigenvalue weighted by Crippen LogP contribution is -2.30. The van der Waals surface area contributed by atoms with Gasteiger partial charge in [0, 0.05) is 22.2 Å². The van der Waals surface area contributed by atoms with E-state index in [4.69, 9.17) is 0 Å². The molecule has 47 heavy (non-hydrogen) atoms. The van der Waals surface area contributed by atoms with Gasteiger partial charge in [0.25, 0.3) is 0 Å². The summed E-state index contributed by atoms with van der Waals surface area (Å²) in [7, 11) is 0. The quantitative estimate of drug-likeness (QED) is 0.147. The smallest absolute Gasteiger partial charge is 0.197 e. The number of carbonyl (C=O) groups is 2. The van der Waals surface area contributed by atoms with Crippen LogP contribution < -0.4 is 4.90 Å². The predicted molar refractivity (Wildman–Crippen MR) is 195 cm³/mol. The third-order valence-electron chi connectivity index (χ3n) is 10.7. The molecule has 3 heteroatoms. The largest absolute Gasteiger partial charge is 0.310 e. The molecule has 0 spiro atoms. The molecule has 0 saturated heterocycles. The van der Waals surface area contributed by atoms with Crippen LogP contribution >= 0.6 is 0 Å². The molecule has 1 aliphatic heterocycles. The number of allylic oxidation sites excluding steroid dienone is 1. The fourth-order valence-corrected chi connectivity index (χ4v) is 7.40. The van der Waals surface area contributed by atoms with E-state index in [1.165, 1.54) is 28.1 Å². The van der Waals surface area contributed by atoms with Crippen LogP contribution in [0, 0.1) is 0 Å². The number of rotatable bonds is 4. The monoisotopic (exact) mass is 611 g/mol. The van der Waals surface area contributed by atoms with Crippen LogP contribution in [0.1, 0.15) is 84.0 Å². The van der Waals surface area contributed by atoms with E-state index in [0.717, 1.165) is 39.2 Å². The first kappa shape index (κ1) is 29.1. The molecule has 6 aromatic rings. The first-order valence-corrected chi connectivity index (χ1v) is 16.5. The van der Waals surface area contributed by atoms with Gasteiger partial charge < -0.3 is 4.90 Å². The van der Waals surface area contributed by atoms with Crippen LogP contribution in [0.25, 0.3) is 27.6 Å². The van der Waals surface area contributed by atoms with Gasteiger partial charge in [-0.25, -0.2) is 0 Å². The molecule has 1 aliphatic carbocycles. The average molecular weight is 612 g/mol. The molecule has 0 amide bonds. The van der Waals surface area contributed by atoms with Crippen molar-refractivity contribution in [3.05, 3.63) is 154 Å². The van der Waals surface area contributed by atoms with Crippen LogP contribution in [0.3, 0.4) is 0 Å². The van der Waals surface area contributed by atoms with E-state index in [1.54, 1.807) is 6.08 Å². The van der Waals surface area contributed by atoms with Crippen LogP contribution in [0.15, 0.2) is 121 Å². The van der Waals surface area contributed by atoms with E-state index >= 15 is 0 Å². The van der Waals surface area contributed by atoms with Crippen molar-refractivity contribution in [3.8, 4) is 0 Å². The number of hydrogen-bond donors (Lipinski definition) is 0. The Balaban J connectivity index is 1.24. The second-order valence-corrected chi connectivity index (χ2v) is 14.2. The molecule has 0 saturated carbocycles. The number of ketones is 2. The lowest BCUT2D eigenvalue weighted by atomic mass is 9.73. The number of para-hydroxylation sites is 1. The average Bonchev–Trinajstić information content (AvgIpc) is 3.31. The zero-order chi connectivity index (χ0) is 32.7. The molecular weight excluding hydrogens is 574 g/mol. The lowest BCUT2D eigenvalue weighted by molar-refractivity contribution is 0.0990. The highest BCUT2D eigenvalue weighted by molar-refractivity contribution is 6.42.